The number of nitrogens with one attached hydrogen (secondary N) is 2. The molecule has 1 heterocycles. The van der Waals surface area contributed by atoms with E-state index in [1.165, 1.54) is 6.39 Å². The van der Waals surface area contributed by atoms with Crippen LogP contribution in [-0.2, 0) is 6.54 Å². The summed E-state index contributed by atoms with van der Waals surface area (Å²) in [4.78, 5) is 15.3. The zero-order valence-corrected chi connectivity index (χ0v) is 10.4. The molecule has 1 aromatic carbocycles. The van der Waals surface area contributed by atoms with Gasteiger partial charge in [-0.2, -0.15) is 0 Å². The molecule has 0 saturated heterocycles. The van der Waals surface area contributed by atoms with Crippen LogP contribution in [0.1, 0.15) is 21.7 Å². The molecule has 94 valence electrons. The summed E-state index contributed by atoms with van der Waals surface area (Å²) in [5.41, 5.74) is 2.63. The highest BCUT2D eigenvalue weighted by Crippen LogP contribution is 2.17. The van der Waals surface area contributed by atoms with Crippen molar-refractivity contribution < 1.29 is 9.21 Å². The van der Waals surface area contributed by atoms with Crippen molar-refractivity contribution in [2.45, 2.75) is 13.5 Å². The highest BCUT2D eigenvalue weighted by molar-refractivity contribution is 5.94. The van der Waals surface area contributed by atoms with Crippen LogP contribution in [0, 0.1) is 6.92 Å². The molecule has 0 aliphatic carbocycles. The first-order chi connectivity index (χ1) is 8.70. The Kier molecular flexibility index (Phi) is 3.62. The van der Waals surface area contributed by atoms with Crippen LogP contribution in [0.5, 0.6) is 0 Å². The zero-order valence-electron chi connectivity index (χ0n) is 10.4. The second-order valence-corrected chi connectivity index (χ2v) is 3.93. The summed E-state index contributed by atoms with van der Waals surface area (Å²) >= 11 is 0. The van der Waals surface area contributed by atoms with E-state index in [1.54, 1.807) is 19.3 Å². The molecular weight excluding hydrogens is 230 g/mol. The van der Waals surface area contributed by atoms with Crippen LogP contribution >= 0.6 is 0 Å². The average Bonchev–Trinajstić information content (AvgIpc) is 2.89. The molecule has 2 rings (SSSR count). The van der Waals surface area contributed by atoms with Crippen molar-refractivity contribution in [3.63, 3.8) is 0 Å². The molecule has 0 atom stereocenters. The van der Waals surface area contributed by atoms with Crippen LogP contribution < -0.4 is 10.6 Å². The fraction of sp³-hybridized carbons (Fsp3) is 0.231. The summed E-state index contributed by atoms with van der Waals surface area (Å²) in [7, 11) is 1.62. The minimum Gasteiger partial charge on any atom is -0.447 e. The first-order valence-corrected chi connectivity index (χ1v) is 5.64. The number of hydrogen-bond donors (Lipinski definition) is 2. The van der Waals surface area contributed by atoms with Gasteiger partial charge < -0.3 is 15.1 Å². The normalized spacial score (nSPS) is 10.1. The number of amides is 1. The molecule has 0 unspecified atom stereocenters. The third-order valence-electron chi connectivity index (χ3n) is 2.65. The molecule has 0 saturated carbocycles. The van der Waals surface area contributed by atoms with Gasteiger partial charge in [-0.1, -0.05) is 0 Å². The number of nitrogens with zero attached hydrogens (tertiary/aromatic N) is 1. The number of aryl methyl sites for hydroxylation is 1. The van der Waals surface area contributed by atoms with Crippen molar-refractivity contribution in [3.8, 4) is 0 Å². The van der Waals surface area contributed by atoms with Crippen molar-refractivity contribution in [3.05, 3.63) is 47.7 Å². The number of benzene rings is 1. The minimum atomic E-state index is -0.0834. The zero-order chi connectivity index (χ0) is 13.0. The summed E-state index contributed by atoms with van der Waals surface area (Å²) in [5.74, 6) is 0.685. The lowest BCUT2D eigenvalue weighted by Crippen LogP contribution is -2.17. The molecule has 1 aromatic heterocycles. The molecule has 5 heteroatoms. The number of anilines is 1. The highest BCUT2D eigenvalue weighted by Gasteiger charge is 2.06. The van der Waals surface area contributed by atoms with Gasteiger partial charge in [-0.15, -0.1) is 0 Å². The summed E-state index contributed by atoms with van der Waals surface area (Å²) in [6.45, 7) is 2.52. The Labute approximate surface area is 105 Å². The number of carbonyl (C=O) groups is 1. The third kappa shape index (κ3) is 2.68. The first-order valence-electron chi connectivity index (χ1n) is 5.64. The topological polar surface area (TPSA) is 67.2 Å². The highest BCUT2D eigenvalue weighted by atomic mass is 16.3. The maximum absolute atomic E-state index is 11.5. The van der Waals surface area contributed by atoms with E-state index in [-0.39, 0.29) is 5.91 Å². The summed E-state index contributed by atoms with van der Waals surface area (Å²) in [6, 6.07) is 5.52. The molecule has 1 amide bonds. The van der Waals surface area contributed by atoms with Crippen LogP contribution in [-0.4, -0.2) is 17.9 Å². The Balaban J connectivity index is 2.08. The number of rotatable bonds is 4. The molecule has 2 aromatic rings. The van der Waals surface area contributed by atoms with Crippen molar-refractivity contribution in [2.24, 2.45) is 0 Å². The van der Waals surface area contributed by atoms with E-state index >= 15 is 0 Å². The molecule has 0 bridgehead atoms. The van der Waals surface area contributed by atoms with Crippen molar-refractivity contribution in [2.75, 3.05) is 12.4 Å². The Morgan fingerprint density at radius 3 is 2.89 bits per heavy atom. The molecule has 0 spiro atoms. The second kappa shape index (κ2) is 5.35. The van der Waals surface area contributed by atoms with Crippen molar-refractivity contribution in [1.29, 1.82) is 0 Å². The fourth-order valence-corrected chi connectivity index (χ4v) is 1.66. The number of carbonyl (C=O) groups excluding carboxylic acids is 1. The number of hydrogen-bond acceptors (Lipinski definition) is 4. The van der Waals surface area contributed by atoms with Gasteiger partial charge in [-0.05, 0) is 30.7 Å². The van der Waals surface area contributed by atoms with Gasteiger partial charge in [-0.25, -0.2) is 4.98 Å². The third-order valence-corrected chi connectivity index (χ3v) is 2.65. The van der Waals surface area contributed by atoms with Gasteiger partial charge in [0.2, 0.25) is 0 Å². The summed E-state index contributed by atoms with van der Waals surface area (Å²) in [6.07, 6.45) is 3.07. The molecule has 2 N–H and O–H groups in total. The summed E-state index contributed by atoms with van der Waals surface area (Å²) in [5, 5.41) is 5.83. The minimum absolute atomic E-state index is 0.0834. The van der Waals surface area contributed by atoms with E-state index in [2.05, 4.69) is 15.6 Å². The largest absolute Gasteiger partial charge is 0.447 e. The standard InChI is InChI=1S/C13H15N3O2/c1-9-5-10(13(17)14-2)3-4-12(9)16-7-11-6-15-8-18-11/h3-6,8,16H,7H2,1-2H3,(H,14,17). The van der Waals surface area contributed by atoms with E-state index in [1.807, 2.05) is 19.1 Å². The van der Waals surface area contributed by atoms with E-state index in [4.69, 9.17) is 4.42 Å². The predicted octanol–water partition coefficient (Wildman–Crippen LogP) is 1.95. The molecule has 5 nitrogen and oxygen atoms in total. The molecule has 18 heavy (non-hydrogen) atoms. The van der Waals surface area contributed by atoms with Gasteiger partial charge in [0.25, 0.3) is 5.91 Å². The van der Waals surface area contributed by atoms with Crippen LogP contribution in [0.4, 0.5) is 5.69 Å². The van der Waals surface area contributed by atoms with Gasteiger partial charge in [0.15, 0.2) is 6.39 Å². The smallest absolute Gasteiger partial charge is 0.251 e. The van der Waals surface area contributed by atoms with Gasteiger partial charge in [0, 0.05) is 18.3 Å². The molecule has 0 aliphatic heterocycles. The fourth-order valence-electron chi connectivity index (χ4n) is 1.66. The second-order valence-electron chi connectivity index (χ2n) is 3.93. The SMILES string of the molecule is CNC(=O)c1ccc(NCc2cnco2)c(C)c1. The van der Waals surface area contributed by atoms with Gasteiger partial charge in [-0.3, -0.25) is 4.79 Å². The van der Waals surface area contributed by atoms with Crippen LogP contribution in [0.2, 0.25) is 0 Å². The maximum atomic E-state index is 11.5. The lowest BCUT2D eigenvalue weighted by Gasteiger charge is -2.09. The molecule has 0 aliphatic rings. The quantitative estimate of drug-likeness (QED) is 0.864. The van der Waals surface area contributed by atoms with Gasteiger partial charge >= 0.3 is 0 Å². The van der Waals surface area contributed by atoms with Crippen LogP contribution in [0.15, 0.2) is 35.2 Å². The average molecular weight is 245 g/mol. The van der Waals surface area contributed by atoms with Gasteiger partial charge in [0.05, 0.1) is 12.7 Å². The monoisotopic (exact) mass is 245 g/mol. The van der Waals surface area contributed by atoms with E-state index < -0.39 is 0 Å². The van der Waals surface area contributed by atoms with E-state index in [9.17, 15) is 4.79 Å². The Hall–Kier alpha value is -2.30. The Bertz CT molecular complexity index is 535. The van der Waals surface area contributed by atoms with Crippen molar-refractivity contribution in [1.82, 2.24) is 10.3 Å². The van der Waals surface area contributed by atoms with Crippen molar-refractivity contribution >= 4 is 11.6 Å². The van der Waals surface area contributed by atoms with Gasteiger partial charge in [0.1, 0.15) is 5.76 Å². The summed E-state index contributed by atoms with van der Waals surface area (Å²) < 4.78 is 5.14. The predicted molar refractivity (Wildman–Crippen MR) is 68.4 cm³/mol. The lowest BCUT2D eigenvalue weighted by molar-refractivity contribution is 0.0963. The molecule has 0 fully saturated rings. The first kappa shape index (κ1) is 12.2. The number of aromatic nitrogens is 1. The van der Waals surface area contributed by atoms with Crippen LogP contribution in [0.25, 0.3) is 0 Å². The maximum Gasteiger partial charge on any atom is 0.251 e. The Morgan fingerprint density at radius 1 is 1.44 bits per heavy atom. The van der Waals surface area contributed by atoms with Crippen LogP contribution in [0.3, 0.4) is 0 Å². The molecular formula is C13H15N3O2. The number of oxazole rings is 1. The van der Waals surface area contributed by atoms with E-state index in [0.717, 1.165) is 17.0 Å². The Morgan fingerprint density at radius 2 is 2.28 bits per heavy atom. The van der Waals surface area contributed by atoms with E-state index in [0.29, 0.717) is 12.1 Å². The molecule has 0 radical (unpaired) electrons. The lowest BCUT2D eigenvalue weighted by atomic mass is 10.1.